The maximum atomic E-state index is 13.2. The number of carbonyl (C=O) groups is 1. The number of carbonyl (C=O) groups excluding carboxylic acids is 1. The van der Waals surface area contributed by atoms with Crippen molar-refractivity contribution in [2.45, 2.75) is 18.2 Å². The Bertz CT molecular complexity index is 565. The normalized spacial score (nSPS) is 12.6. The van der Waals surface area contributed by atoms with Crippen molar-refractivity contribution >= 4 is 32.5 Å². The van der Waals surface area contributed by atoms with Gasteiger partial charge in [-0.15, -0.1) is 0 Å². The van der Waals surface area contributed by atoms with E-state index in [-0.39, 0.29) is 16.4 Å². The summed E-state index contributed by atoms with van der Waals surface area (Å²) >= 11 is 3.34. The van der Waals surface area contributed by atoms with E-state index in [0.29, 0.717) is 17.4 Å². The minimum Gasteiger partial charge on any atom is -0.293 e. The molecule has 0 saturated heterocycles. The first kappa shape index (κ1) is 12.2. The lowest BCUT2D eigenvalue weighted by Crippen LogP contribution is -2.13. The lowest BCUT2D eigenvalue weighted by atomic mass is 9.99. The van der Waals surface area contributed by atoms with Gasteiger partial charge in [-0.1, -0.05) is 47.1 Å². The number of benzene rings is 2. The van der Waals surface area contributed by atoms with Crippen molar-refractivity contribution < 1.29 is 9.18 Å². The van der Waals surface area contributed by atoms with Crippen LogP contribution in [0.15, 0.2) is 36.4 Å². The molecule has 0 aliphatic carbocycles. The Morgan fingerprint density at radius 3 is 2.82 bits per heavy atom. The van der Waals surface area contributed by atoms with E-state index >= 15 is 0 Å². The molecule has 1 atom stereocenters. The van der Waals surface area contributed by atoms with Gasteiger partial charge in [0.1, 0.15) is 5.82 Å². The molecule has 0 radical (unpaired) electrons. The molecule has 0 fully saturated rings. The van der Waals surface area contributed by atoms with E-state index in [2.05, 4.69) is 15.9 Å². The Hall–Kier alpha value is -1.22. The monoisotopic (exact) mass is 294 g/mol. The van der Waals surface area contributed by atoms with Crippen molar-refractivity contribution in [1.29, 1.82) is 0 Å². The van der Waals surface area contributed by atoms with Gasteiger partial charge < -0.3 is 0 Å². The largest absolute Gasteiger partial charge is 0.293 e. The lowest BCUT2D eigenvalue weighted by Gasteiger charge is -2.09. The van der Waals surface area contributed by atoms with Crippen LogP contribution in [-0.4, -0.2) is 10.6 Å². The molecule has 0 amide bonds. The minimum atomic E-state index is -0.319. The number of hydrogen-bond acceptors (Lipinski definition) is 1. The number of halogens is 2. The quantitative estimate of drug-likeness (QED) is 0.608. The van der Waals surface area contributed by atoms with E-state index in [1.54, 1.807) is 12.1 Å². The molecule has 0 aliphatic heterocycles. The highest BCUT2D eigenvalue weighted by molar-refractivity contribution is 9.10. The predicted octanol–water partition coefficient (Wildman–Crippen LogP) is 4.34. The van der Waals surface area contributed by atoms with Gasteiger partial charge in [-0.3, -0.25) is 4.79 Å². The van der Waals surface area contributed by atoms with Gasteiger partial charge in [0.2, 0.25) is 0 Å². The average Bonchev–Trinajstić information content (AvgIpc) is 2.36. The SMILES string of the molecule is CCC(Br)C(=O)c1cccc2ccc(F)cc12. The second kappa shape index (κ2) is 4.96. The molecule has 3 heteroatoms. The fourth-order valence-corrected chi connectivity index (χ4v) is 2.06. The Morgan fingerprint density at radius 2 is 2.12 bits per heavy atom. The first-order valence-electron chi connectivity index (χ1n) is 5.50. The number of fused-ring (bicyclic) bond motifs is 1. The van der Waals surface area contributed by atoms with Crippen molar-refractivity contribution in [3.8, 4) is 0 Å². The highest BCUT2D eigenvalue weighted by Gasteiger charge is 2.17. The molecule has 17 heavy (non-hydrogen) atoms. The maximum absolute atomic E-state index is 13.2. The molecule has 0 aliphatic rings. The van der Waals surface area contributed by atoms with Crippen molar-refractivity contribution in [2.75, 3.05) is 0 Å². The van der Waals surface area contributed by atoms with Crippen molar-refractivity contribution in [3.05, 3.63) is 47.8 Å². The van der Waals surface area contributed by atoms with Crippen LogP contribution in [0.5, 0.6) is 0 Å². The average molecular weight is 295 g/mol. The second-order valence-corrected chi connectivity index (χ2v) is 5.02. The van der Waals surface area contributed by atoms with Crippen LogP contribution < -0.4 is 0 Å². The molecule has 0 heterocycles. The summed E-state index contributed by atoms with van der Waals surface area (Å²) in [5.74, 6) is -0.316. The van der Waals surface area contributed by atoms with Gasteiger partial charge in [0.25, 0.3) is 0 Å². The van der Waals surface area contributed by atoms with Crippen molar-refractivity contribution in [1.82, 2.24) is 0 Å². The minimum absolute atomic E-state index is 0.00343. The third-order valence-electron chi connectivity index (χ3n) is 2.75. The molecular formula is C14H12BrFO. The summed E-state index contributed by atoms with van der Waals surface area (Å²) in [5, 5.41) is 1.56. The molecule has 0 spiro atoms. The molecule has 2 aromatic carbocycles. The topological polar surface area (TPSA) is 17.1 Å². The van der Waals surface area contributed by atoms with E-state index in [0.717, 1.165) is 5.39 Å². The van der Waals surface area contributed by atoms with Gasteiger partial charge in [0.05, 0.1) is 4.83 Å². The first-order valence-corrected chi connectivity index (χ1v) is 6.41. The Morgan fingerprint density at radius 1 is 1.35 bits per heavy atom. The van der Waals surface area contributed by atoms with E-state index in [9.17, 15) is 9.18 Å². The van der Waals surface area contributed by atoms with Crippen LogP contribution in [0.25, 0.3) is 10.8 Å². The molecule has 1 unspecified atom stereocenters. The number of alkyl halides is 1. The van der Waals surface area contributed by atoms with Crippen molar-refractivity contribution in [2.24, 2.45) is 0 Å². The molecule has 2 aromatic rings. The summed E-state index contributed by atoms with van der Waals surface area (Å²) < 4.78 is 13.2. The van der Waals surface area contributed by atoms with E-state index in [1.165, 1.54) is 12.1 Å². The zero-order chi connectivity index (χ0) is 12.4. The molecule has 0 aromatic heterocycles. The van der Waals surface area contributed by atoms with Gasteiger partial charge in [0.15, 0.2) is 5.78 Å². The smallest absolute Gasteiger partial charge is 0.177 e. The Labute approximate surface area is 108 Å². The molecule has 2 rings (SSSR count). The van der Waals surface area contributed by atoms with Crippen LogP contribution in [0.2, 0.25) is 0 Å². The van der Waals surface area contributed by atoms with Gasteiger partial charge in [-0.2, -0.15) is 0 Å². The van der Waals surface area contributed by atoms with Crippen LogP contribution in [0.1, 0.15) is 23.7 Å². The molecule has 1 nitrogen and oxygen atoms in total. The van der Waals surface area contributed by atoms with E-state index < -0.39 is 0 Å². The molecule has 0 N–H and O–H groups in total. The summed E-state index contributed by atoms with van der Waals surface area (Å²) in [7, 11) is 0. The third-order valence-corrected chi connectivity index (χ3v) is 3.82. The molecule has 0 saturated carbocycles. The highest BCUT2D eigenvalue weighted by atomic mass is 79.9. The summed E-state index contributed by atoms with van der Waals surface area (Å²) in [6.45, 7) is 1.93. The zero-order valence-corrected chi connectivity index (χ0v) is 11.0. The number of ketones is 1. The predicted molar refractivity (Wildman–Crippen MR) is 71.2 cm³/mol. The number of Topliss-reactive ketones (excluding diaryl/α,β-unsaturated/α-hetero) is 1. The Kier molecular flexibility index (Phi) is 3.57. The second-order valence-electron chi connectivity index (χ2n) is 3.91. The van der Waals surface area contributed by atoms with Crippen LogP contribution in [0.4, 0.5) is 4.39 Å². The Balaban J connectivity index is 2.61. The lowest BCUT2D eigenvalue weighted by molar-refractivity contribution is 0.0992. The summed E-state index contributed by atoms with van der Waals surface area (Å²) in [6, 6.07) is 9.95. The maximum Gasteiger partial charge on any atom is 0.177 e. The van der Waals surface area contributed by atoms with Crippen LogP contribution in [-0.2, 0) is 0 Å². The standard InChI is InChI=1S/C14H12BrFO/c1-2-13(15)14(17)11-5-3-4-9-6-7-10(16)8-12(9)11/h3-8,13H,2H2,1H3. The zero-order valence-electron chi connectivity index (χ0n) is 9.41. The van der Waals surface area contributed by atoms with E-state index in [4.69, 9.17) is 0 Å². The fourth-order valence-electron chi connectivity index (χ4n) is 1.81. The molecular weight excluding hydrogens is 283 g/mol. The van der Waals surface area contributed by atoms with Gasteiger partial charge in [-0.25, -0.2) is 4.39 Å². The van der Waals surface area contributed by atoms with Gasteiger partial charge in [-0.05, 0) is 29.3 Å². The number of rotatable bonds is 3. The van der Waals surface area contributed by atoms with Crippen molar-refractivity contribution in [3.63, 3.8) is 0 Å². The summed E-state index contributed by atoms with van der Waals surface area (Å²) in [4.78, 5) is 11.9. The van der Waals surface area contributed by atoms with Crippen LogP contribution in [0, 0.1) is 5.82 Å². The highest BCUT2D eigenvalue weighted by Crippen LogP contribution is 2.23. The third kappa shape index (κ3) is 2.39. The summed E-state index contributed by atoms with van der Waals surface area (Å²) in [5.41, 5.74) is 0.575. The number of hydrogen-bond donors (Lipinski definition) is 0. The fraction of sp³-hybridized carbons (Fsp3) is 0.214. The van der Waals surface area contributed by atoms with Gasteiger partial charge >= 0.3 is 0 Å². The first-order chi connectivity index (χ1) is 8.13. The molecule has 0 bridgehead atoms. The molecule has 88 valence electrons. The summed E-state index contributed by atoms with van der Waals surface area (Å²) in [6.07, 6.45) is 0.713. The van der Waals surface area contributed by atoms with Gasteiger partial charge in [0, 0.05) is 5.56 Å². The van der Waals surface area contributed by atoms with Crippen LogP contribution >= 0.6 is 15.9 Å². The van der Waals surface area contributed by atoms with E-state index in [1.807, 2.05) is 19.1 Å². The van der Waals surface area contributed by atoms with Crippen LogP contribution in [0.3, 0.4) is 0 Å².